The van der Waals surface area contributed by atoms with Gasteiger partial charge in [-0.15, -0.1) is 16.8 Å². The molecule has 2 rings (SSSR count). The zero-order valence-corrected chi connectivity index (χ0v) is 17.8. The molecule has 146 valence electrons. The van der Waals surface area contributed by atoms with Gasteiger partial charge in [-0.25, -0.2) is 8.42 Å². The Labute approximate surface area is 167 Å². The molecule has 0 aliphatic rings. The molecule has 1 atom stereocenters. The zero-order chi connectivity index (χ0) is 20.0. The molecule has 0 aliphatic heterocycles. The summed E-state index contributed by atoms with van der Waals surface area (Å²) in [5, 5.41) is 10.9. The third kappa shape index (κ3) is 5.78. The lowest BCUT2D eigenvalue weighted by atomic mass is 10.1. The number of thioether (sulfide) groups is 1. The maximum absolute atomic E-state index is 12.6. The fourth-order valence-corrected chi connectivity index (χ4v) is 5.04. The van der Waals surface area contributed by atoms with Crippen molar-refractivity contribution >= 4 is 49.8 Å². The zero-order valence-electron chi connectivity index (χ0n) is 15.4. The number of nitrogens with zero attached hydrogens (tertiary/aromatic N) is 3. The lowest BCUT2D eigenvalue weighted by molar-refractivity contribution is -0.116. The summed E-state index contributed by atoms with van der Waals surface area (Å²) in [6, 6.07) is 6.18. The fourth-order valence-electron chi connectivity index (χ4n) is 2.35. The first-order valence-electron chi connectivity index (χ1n) is 8.22. The van der Waals surface area contributed by atoms with Gasteiger partial charge in [-0.1, -0.05) is 48.2 Å². The number of aromatic nitrogens is 2. The van der Waals surface area contributed by atoms with Gasteiger partial charge in [0, 0.05) is 5.75 Å². The first-order valence-corrected chi connectivity index (χ1v) is 11.9. The Hall–Kier alpha value is -1.91. The van der Waals surface area contributed by atoms with Crippen molar-refractivity contribution in [2.75, 3.05) is 21.6 Å². The summed E-state index contributed by atoms with van der Waals surface area (Å²) in [4.78, 5) is 12.6. The Kier molecular flexibility index (Phi) is 7.40. The summed E-state index contributed by atoms with van der Waals surface area (Å²) in [5.74, 6) is 0.214. The van der Waals surface area contributed by atoms with Gasteiger partial charge in [-0.3, -0.25) is 14.4 Å². The van der Waals surface area contributed by atoms with Gasteiger partial charge < -0.3 is 0 Å². The number of aryl methyl sites for hydroxylation is 1. The van der Waals surface area contributed by atoms with Crippen molar-refractivity contribution in [1.82, 2.24) is 10.2 Å². The second-order valence-electron chi connectivity index (χ2n) is 5.72. The van der Waals surface area contributed by atoms with E-state index in [0.717, 1.165) is 22.5 Å². The van der Waals surface area contributed by atoms with Crippen molar-refractivity contribution < 1.29 is 13.2 Å². The number of hydrogen-bond donors (Lipinski definition) is 1. The molecule has 7 nitrogen and oxygen atoms in total. The minimum absolute atomic E-state index is 0.327. The molecule has 0 unspecified atom stereocenters. The molecule has 1 aromatic heterocycles. The van der Waals surface area contributed by atoms with Gasteiger partial charge >= 0.3 is 0 Å². The minimum Gasteiger partial charge on any atom is -0.299 e. The molecule has 0 spiro atoms. The molecule has 0 fully saturated rings. The van der Waals surface area contributed by atoms with E-state index in [1.807, 2.05) is 19.1 Å². The normalized spacial score (nSPS) is 12.4. The monoisotopic (exact) mass is 426 g/mol. The number of anilines is 2. The topological polar surface area (TPSA) is 92.3 Å². The molecule has 0 bridgehead atoms. The van der Waals surface area contributed by atoms with E-state index < -0.39 is 22.0 Å². The summed E-state index contributed by atoms with van der Waals surface area (Å²) >= 11 is 2.69. The molecule has 0 radical (unpaired) electrons. The fraction of sp³-hybridized carbons (Fsp3) is 0.353. The molecule has 1 heterocycles. The third-order valence-corrected chi connectivity index (χ3v) is 6.86. The van der Waals surface area contributed by atoms with Crippen LogP contribution < -0.4 is 9.62 Å². The molecule has 2 aromatic rings. The number of sulfonamides is 1. The second kappa shape index (κ2) is 9.34. The number of rotatable bonds is 9. The van der Waals surface area contributed by atoms with Crippen LogP contribution in [0, 0.1) is 0 Å². The van der Waals surface area contributed by atoms with Gasteiger partial charge in [0.05, 0.1) is 11.9 Å². The van der Waals surface area contributed by atoms with Gasteiger partial charge in [0.1, 0.15) is 6.04 Å². The molecular formula is C17H22N4O3S3. The smallest absolute Gasteiger partial charge is 0.249 e. The van der Waals surface area contributed by atoms with Crippen molar-refractivity contribution in [1.29, 1.82) is 0 Å². The first kappa shape index (κ1) is 21.4. The molecule has 0 aliphatic carbocycles. The number of benzene rings is 1. The van der Waals surface area contributed by atoms with E-state index in [1.165, 1.54) is 23.1 Å². The lowest BCUT2D eigenvalue weighted by Gasteiger charge is -2.28. The minimum atomic E-state index is -3.66. The van der Waals surface area contributed by atoms with Crippen molar-refractivity contribution in [3.8, 4) is 0 Å². The summed E-state index contributed by atoms with van der Waals surface area (Å²) in [6.45, 7) is 7.20. The molecular weight excluding hydrogens is 404 g/mol. The van der Waals surface area contributed by atoms with Crippen LogP contribution in [0.5, 0.6) is 0 Å². The van der Waals surface area contributed by atoms with Gasteiger partial charge in [0.25, 0.3) is 0 Å². The SMILES string of the molecule is C=CCSc1nnc(NC(=O)[C@@H](C)N(c2ccc(CC)cc2)S(C)(=O)=O)s1. The molecule has 1 amide bonds. The second-order valence-corrected chi connectivity index (χ2v) is 9.82. The van der Waals surface area contributed by atoms with E-state index in [0.29, 0.717) is 20.9 Å². The van der Waals surface area contributed by atoms with Crippen LogP contribution in [0.15, 0.2) is 41.3 Å². The van der Waals surface area contributed by atoms with E-state index in [9.17, 15) is 13.2 Å². The number of nitrogens with one attached hydrogen (secondary N) is 1. The van der Waals surface area contributed by atoms with Crippen LogP contribution >= 0.6 is 23.1 Å². The van der Waals surface area contributed by atoms with Crippen molar-refractivity contribution in [3.05, 3.63) is 42.5 Å². The standard InChI is InChI=1S/C17H22N4O3S3/c1-5-11-25-17-20-19-16(26-17)18-15(22)12(3)21(27(4,23)24)14-9-7-13(6-2)8-10-14/h5,7-10,12H,1,6,11H2,2-4H3,(H,18,19,22)/t12-/m1/s1. The largest absolute Gasteiger partial charge is 0.299 e. The van der Waals surface area contributed by atoms with Crippen LogP contribution in [-0.2, 0) is 21.2 Å². The molecule has 0 saturated carbocycles. The van der Waals surface area contributed by atoms with Crippen molar-refractivity contribution in [3.63, 3.8) is 0 Å². The summed E-state index contributed by atoms with van der Waals surface area (Å²) < 4.78 is 26.4. The van der Waals surface area contributed by atoms with E-state index >= 15 is 0 Å². The van der Waals surface area contributed by atoms with Crippen LogP contribution in [-0.4, -0.2) is 42.6 Å². The van der Waals surface area contributed by atoms with Crippen LogP contribution in [0.2, 0.25) is 0 Å². The van der Waals surface area contributed by atoms with Crippen molar-refractivity contribution in [2.45, 2.75) is 30.6 Å². The van der Waals surface area contributed by atoms with E-state index in [1.54, 1.807) is 25.1 Å². The highest BCUT2D eigenvalue weighted by atomic mass is 32.2. The summed E-state index contributed by atoms with van der Waals surface area (Å²) in [7, 11) is -3.66. The molecule has 27 heavy (non-hydrogen) atoms. The average Bonchev–Trinajstić information content (AvgIpc) is 3.06. The maximum atomic E-state index is 12.6. The van der Waals surface area contributed by atoms with Crippen LogP contribution in [0.3, 0.4) is 0 Å². The number of hydrogen-bond acceptors (Lipinski definition) is 7. The predicted molar refractivity (Wildman–Crippen MR) is 112 cm³/mol. The number of carbonyl (C=O) groups excluding carboxylic acids is 1. The van der Waals surface area contributed by atoms with Gasteiger partial charge in [0.15, 0.2) is 4.34 Å². The van der Waals surface area contributed by atoms with E-state index in [4.69, 9.17) is 0 Å². The van der Waals surface area contributed by atoms with Crippen LogP contribution in [0.25, 0.3) is 0 Å². The Morgan fingerprint density at radius 3 is 2.59 bits per heavy atom. The first-order chi connectivity index (χ1) is 12.8. The van der Waals surface area contributed by atoms with Crippen LogP contribution in [0.4, 0.5) is 10.8 Å². The third-order valence-electron chi connectivity index (χ3n) is 3.65. The average molecular weight is 427 g/mol. The highest BCUT2D eigenvalue weighted by Crippen LogP contribution is 2.26. The Morgan fingerprint density at radius 2 is 2.04 bits per heavy atom. The quantitative estimate of drug-likeness (QED) is 0.376. The number of carbonyl (C=O) groups is 1. The van der Waals surface area contributed by atoms with E-state index in [2.05, 4.69) is 22.1 Å². The van der Waals surface area contributed by atoms with Gasteiger partial charge in [0.2, 0.25) is 21.1 Å². The highest BCUT2D eigenvalue weighted by Gasteiger charge is 2.29. The van der Waals surface area contributed by atoms with Crippen LogP contribution in [0.1, 0.15) is 19.4 Å². The number of amides is 1. The predicted octanol–water partition coefficient (Wildman–Crippen LogP) is 3.17. The summed E-state index contributed by atoms with van der Waals surface area (Å²) in [5.41, 5.74) is 1.53. The molecule has 0 saturated heterocycles. The molecule has 10 heteroatoms. The van der Waals surface area contributed by atoms with Gasteiger partial charge in [-0.2, -0.15) is 0 Å². The Bertz CT molecular complexity index is 894. The lowest BCUT2D eigenvalue weighted by Crippen LogP contribution is -2.45. The molecule has 1 aromatic carbocycles. The van der Waals surface area contributed by atoms with E-state index in [-0.39, 0.29) is 0 Å². The van der Waals surface area contributed by atoms with Gasteiger partial charge in [-0.05, 0) is 31.0 Å². The Morgan fingerprint density at radius 1 is 1.37 bits per heavy atom. The summed E-state index contributed by atoms with van der Waals surface area (Å²) in [6.07, 6.45) is 3.68. The Balaban J connectivity index is 2.18. The maximum Gasteiger partial charge on any atom is 0.249 e. The highest BCUT2D eigenvalue weighted by molar-refractivity contribution is 8.01. The molecule has 1 N–H and O–H groups in total. The van der Waals surface area contributed by atoms with Crippen molar-refractivity contribution in [2.24, 2.45) is 0 Å².